The molecular weight excluding hydrogens is 215 g/mol. The number of benzene rings is 1. The Bertz CT molecular complexity index is 509. The van der Waals surface area contributed by atoms with Crippen LogP contribution in [0.25, 0.3) is 0 Å². The molecule has 0 bridgehead atoms. The number of aromatic nitrogens is 1. The van der Waals surface area contributed by atoms with Crippen molar-refractivity contribution in [3.63, 3.8) is 0 Å². The lowest BCUT2D eigenvalue weighted by molar-refractivity contribution is 0.584. The highest BCUT2D eigenvalue weighted by Crippen LogP contribution is 2.26. The fourth-order valence-corrected chi connectivity index (χ4v) is 1.75. The van der Waals surface area contributed by atoms with Crippen molar-refractivity contribution in [1.82, 2.24) is 4.98 Å². The minimum absolute atomic E-state index is 0.422. The SMILES string of the molecule is CC(C)c1ccccc1Nc1ccnc(F)c1. The average molecular weight is 230 g/mol. The molecule has 0 spiro atoms. The zero-order chi connectivity index (χ0) is 12.3. The summed E-state index contributed by atoms with van der Waals surface area (Å²) in [4.78, 5) is 3.53. The molecule has 2 nitrogen and oxygen atoms in total. The number of halogens is 1. The number of hydrogen-bond donors (Lipinski definition) is 1. The van der Waals surface area contributed by atoms with E-state index in [0.29, 0.717) is 11.6 Å². The molecule has 2 aromatic rings. The Morgan fingerprint density at radius 1 is 1.18 bits per heavy atom. The van der Waals surface area contributed by atoms with Crippen LogP contribution >= 0.6 is 0 Å². The van der Waals surface area contributed by atoms with E-state index in [9.17, 15) is 4.39 Å². The molecule has 0 saturated carbocycles. The normalized spacial score (nSPS) is 10.6. The van der Waals surface area contributed by atoms with Gasteiger partial charge in [-0.1, -0.05) is 32.0 Å². The molecule has 0 saturated heterocycles. The molecule has 0 unspecified atom stereocenters. The minimum atomic E-state index is -0.475. The number of pyridine rings is 1. The maximum Gasteiger partial charge on any atom is 0.214 e. The third kappa shape index (κ3) is 2.81. The highest BCUT2D eigenvalue weighted by Gasteiger charge is 2.06. The zero-order valence-corrected chi connectivity index (χ0v) is 9.94. The Balaban J connectivity index is 2.30. The summed E-state index contributed by atoms with van der Waals surface area (Å²) >= 11 is 0. The van der Waals surface area contributed by atoms with E-state index in [4.69, 9.17) is 0 Å². The number of nitrogens with zero attached hydrogens (tertiary/aromatic N) is 1. The van der Waals surface area contributed by atoms with Crippen molar-refractivity contribution in [3.8, 4) is 0 Å². The van der Waals surface area contributed by atoms with Crippen molar-refractivity contribution < 1.29 is 4.39 Å². The van der Waals surface area contributed by atoms with E-state index in [0.717, 1.165) is 5.69 Å². The molecule has 0 aliphatic rings. The highest BCUT2D eigenvalue weighted by atomic mass is 19.1. The summed E-state index contributed by atoms with van der Waals surface area (Å²) in [5, 5.41) is 3.21. The third-order valence-corrected chi connectivity index (χ3v) is 2.59. The van der Waals surface area contributed by atoms with Crippen LogP contribution in [-0.4, -0.2) is 4.98 Å². The molecule has 1 heterocycles. The first-order valence-electron chi connectivity index (χ1n) is 5.64. The van der Waals surface area contributed by atoms with Gasteiger partial charge < -0.3 is 5.32 Å². The molecule has 0 aliphatic heterocycles. The van der Waals surface area contributed by atoms with Crippen LogP contribution in [0.15, 0.2) is 42.6 Å². The highest BCUT2D eigenvalue weighted by molar-refractivity contribution is 5.63. The lowest BCUT2D eigenvalue weighted by Crippen LogP contribution is -1.98. The van der Waals surface area contributed by atoms with Gasteiger partial charge in [-0.3, -0.25) is 0 Å². The maximum atomic E-state index is 13.0. The van der Waals surface area contributed by atoms with Crippen molar-refractivity contribution in [2.45, 2.75) is 19.8 Å². The van der Waals surface area contributed by atoms with Gasteiger partial charge in [-0.25, -0.2) is 4.98 Å². The Morgan fingerprint density at radius 2 is 1.94 bits per heavy atom. The fraction of sp³-hybridized carbons (Fsp3) is 0.214. The summed E-state index contributed by atoms with van der Waals surface area (Å²) in [6.07, 6.45) is 1.45. The zero-order valence-electron chi connectivity index (χ0n) is 9.94. The molecule has 2 rings (SSSR count). The van der Waals surface area contributed by atoms with E-state index in [1.54, 1.807) is 6.07 Å². The van der Waals surface area contributed by atoms with Crippen molar-refractivity contribution in [2.75, 3.05) is 5.32 Å². The lowest BCUT2D eigenvalue weighted by Gasteiger charge is -2.14. The molecule has 0 amide bonds. The van der Waals surface area contributed by atoms with Crippen molar-refractivity contribution >= 4 is 11.4 Å². The monoisotopic (exact) mass is 230 g/mol. The second-order valence-corrected chi connectivity index (χ2v) is 4.23. The molecular formula is C14H15FN2. The van der Waals surface area contributed by atoms with Crippen LogP contribution in [0.5, 0.6) is 0 Å². The van der Waals surface area contributed by atoms with E-state index >= 15 is 0 Å². The van der Waals surface area contributed by atoms with E-state index in [2.05, 4.69) is 30.2 Å². The predicted molar refractivity (Wildman–Crippen MR) is 68.0 cm³/mol. The lowest BCUT2D eigenvalue weighted by atomic mass is 10.0. The molecule has 17 heavy (non-hydrogen) atoms. The standard InChI is InChI=1S/C14H15FN2/c1-10(2)12-5-3-4-6-13(12)17-11-7-8-16-14(15)9-11/h3-10H,1-2H3,(H,16,17). The molecule has 0 atom stereocenters. The van der Waals surface area contributed by atoms with Gasteiger partial charge in [0.05, 0.1) is 0 Å². The van der Waals surface area contributed by atoms with Crippen molar-refractivity contribution in [2.24, 2.45) is 0 Å². The number of para-hydroxylation sites is 1. The molecule has 1 aromatic heterocycles. The topological polar surface area (TPSA) is 24.9 Å². The molecule has 0 radical (unpaired) electrons. The van der Waals surface area contributed by atoms with E-state index in [-0.39, 0.29) is 0 Å². The average Bonchev–Trinajstić information content (AvgIpc) is 2.29. The second-order valence-electron chi connectivity index (χ2n) is 4.23. The van der Waals surface area contributed by atoms with Crippen LogP contribution in [0, 0.1) is 5.95 Å². The Morgan fingerprint density at radius 3 is 2.65 bits per heavy atom. The van der Waals surface area contributed by atoms with Gasteiger partial charge in [0.2, 0.25) is 5.95 Å². The Labute approximate surface area is 101 Å². The Kier molecular flexibility index (Phi) is 3.38. The summed E-state index contributed by atoms with van der Waals surface area (Å²) in [7, 11) is 0. The van der Waals surface area contributed by atoms with Gasteiger partial charge in [-0.15, -0.1) is 0 Å². The van der Waals surface area contributed by atoms with Crippen LogP contribution in [0.2, 0.25) is 0 Å². The van der Waals surface area contributed by atoms with Crippen LogP contribution in [0.1, 0.15) is 25.3 Å². The summed E-state index contributed by atoms with van der Waals surface area (Å²) in [5.41, 5.74) is 2.93. The van der Waals surface area contributed by atoms with Crippen LogP contribution < -0.4 is 5.32 Å². The number of nitrogens with one attached hydrogen (secondary N) is 1. The van der Waals surface area contributed by atoms with E-state index < -0.39 is 5.95 Å². The summed E-state index contributed by atoms with van der Waals surface area (Å²) in [6, 6.07) is 11.2. The predicted octanol–water partition coefficient (Wildman–Crippen LogP) is 4.09. The molecule has 0 fully saturated rings. The molecule has 88 valence electrons. The maximum absolute atomic E-state index is 13.0. The van der Waals surface area contributed by atoms with Gasteiger partial charge in [-0.2, -0.15) is 4.39 Å². The summed E-state index contributed by atoms with van der Waals surface area (Å²) in [6.45, 7) is 4.27. The van der Waals surface area contributed by atoms with Gasteiger partial charge in [0.15, 0.2) is 0 Å². The van der Waals surface area contributed by atoms with Gasteiger partial charge in [0, 0.05) is 23.6 Å². The number of hydrogen-bond acceptors (Lipinski definition) is 2. The van der Waals surface area contributed by atoms with Crippen LogP contribution in [0.3, 0.4) is 0 Å². The minimum Gasteiger partial charge on any atom is -0.355 e. The van der Waals surface area contributed by atoms with Gasteiger partial charge in [0.1, 0.15) is 0 Å². The fourth-order valence-electron chi connectivity index (χ4n) is 1.75. The largest absolute Gasteiger partial charge is 0.355 e. The number of rotatable bonds is 3. The smallest absolute Gasteiger partial charge is 0.214 e. The second kappa shape index (κ2) is 4.95. The first-order valence-corrected chi connectivity index (χ1v) is 5.64. The molecule has 1 N–H and O–H groups in total. The summed E-state index contributed by atoms with van der Waals surface area (Å²) in [5.74, 6) is -0.0533. The van der Waals surface area contributed by atoms with Crippen molar-refractivity contribution in [1.29, 1.82) is 0 Å². The number of anilines is 2. The van der Waals surface area contributed by atoms with Gasteiger partial charge in [0.25, 0.3) is 0 Å². The summed E-state index contributed by atoms with van der Waals surface area (Å²) < 4.78 is 13.0. The first kappa shape index (κ1) is 11.6. The van der Waals surface area contributed by atoms with Crippen LogP contribution in [0.4, 0.5) is 15.8 Å². The molecule has 3 heteroatoms. The first-order chi connectivity index (χ1) is 8.16. The van der Waals surface area contributed by atoms with E-state index in [1.807, 2.05) is 18.2 Å². The van der Waals surface area contributed by atoms with Crippen molar-refractivity contribution in [3.05, 3.63) is 54.1 Å². The third-order valence-electron chi connectivity index (χ3n) is 2.59. The van der Waals surface area contributed by atoms with E-state index in [1.165, 1.54) is 17.8 Å². The molecule has 1 aromatic carbocycles. The van der Waals surface area contributed by atoms with Gasteiger partial charge >= 0.3 is 0 Å². The molecule has 0 aliphatic carbocycles. The Hall–Kier alpha value is -1.90. The van der Waals surface area contributed by atoms with Gasteiger partial charge in [-0.05, 0) is 23.6 Å². The quantitative estimate of drug-likeness (QED) is 0.803. The van der Waals surface area contributed by atoms with Crippen LogP contribution in [-0.2, 0) is 0 Å².